The number of rotatable bonds is 3. The Kier molecular flexibility index (Phi) is 4.73. The molecular formula is C10H20N2O2. The third-order valence-electron chi connectivity index (χ3n) is 2.67. The summed E-state index contributed by atoms with van der Waals surface area (Å²) >= 11 is 0. The molecule has 1 unspecified atom stereocenters. The van der Waals surface area contributed by atoms with Crippen LogP contribution in [-0.4, -0.2) is 31.8 Å². The van der Waals surface area contributed by atoms with Gasteiger partial charge in [-0.25, -0.2) is 4.79 Å². The first-order chi connectivity index (χ1) is 6.74. The van der Waals surface area contributed by atoms with Gasteiger partial charge >= 0.3 is 6.03 Å². The van der Waals surface area contributed by atoms with Crippen molar-refractivity contribution in [3.05, 3.63) is 0 Å². The van der Waals surface area contributed by atoms with E-state index in [2.05, 4.69) is 17.6 Å². The molecule has 82 valence electrons. The van der Waals surface area contributed by atoms with Gasteiger partial charge in [0, 0.05) is 25.8 Å². The fourth-order valence-electron chi connectivity index (χ4n) is 1.75. The second-order valence-corrected chi connectivity index (χ2v) is 3.74. The van der Waals surface area contributed by atoms with E-state index in [1.807, 2.05) is 6.92 Å². The Labute approximate surface area is 85.4 Å². The van der Waals surface area contributed by atoms with Crippen molar-refractivity contribution in [3.8, 4) is 0 Å². The third-order valence-corrected chi connectivity index (χ3v) is 2.67. The second kappa shape index (κ2) is 5.86. The van der Waals surface area contributed by atoms with Crippen LogP contribution < -0.4 is 10.6 Å². The molecule has 0 saturated carbocycles. The zero-order valence-electron chi connectivity index (χ0n) is 9.01. The van der Waals surface area contributed by atoms with Gasteiger partial charge in [-0.2, -0.15) is 0 Å². The number of carbonyl (C=O) groups excluding carboxylic acids is 1. The minimum atomic E-state index is -0.0634. The van der Waals surface area contributed by atoms with Crippen molar-refractivity contribution in [1.29, 1.82) is 0 Å². The predicted molar refractivity (Wildman–Crippen MR) is 55.2 cm³/mol. The number of hydrogen-bond acceptors (Lipinski definition) is 2. The molecule has 0 spiro atoms. The Morgan fingerprint density at radius 3 is 2.71 bits per heavy atom. The molecule has 0 aromatic heterocycles. The first kappa shape index (κ1) is 11.3. The van der Waals surface area contributed by atoms with Gasteiger partial charge in [0.05, 0.1) is 0 Å². The van der Waals surface area contributed by atoms with Crippen molar-refractivity contribution >= 4 is 6.03 Å². The second-order valence-electron chi connectivity index (χ2n) is 3.74. The Bertz CT molecular complexity index is 179. The maximum Gasteiger partial charge on any atom is 0.314 e. The molecule has 0 aliphatic carbocycles. The lowest BCUT2D eigenvalue weighted by molar-refractivity contribution is 0.0571. The Hall–Kier alpha value is -0.770. The van der Waals surface area contributed by atoms with Crippen molar-refractivity contribution in [3.63, 3.8) is 0 Å². The van der Waals surface area contributed by atoms with E-state index in [0.717, 1.165) is 26.1 Å². The van der Waals surface area contributed by atoms with Gasteiger partial charge in [0.15, 0.2) is 0 Å². The van der Waals surface area contributed by atoms with E-state index in [1.54, 1.807) is 0 Å². The van der Waals surface area contributed by atoms with E-state index in [4.69, 9.17) is 4.74 Å². The maximum atomic E-state index is 11.2. The first-order valence-corrected chi connectivity index (χ1v) is 5.36. The molecular weight excluding hydrogens is 180 g/mol. The molecule has 1 saturated heterocycles. The lowest BCUT2D eigenvalue weighted by Gasteiger charge is -2.28. The molecule has 2 amide bonds. The van der Waals surface area contributed by atoms with Gasteiger partial charge in [-0.1, -0.05) is 0 Å². The zero-order valence-corrected chi connectivity index (χ0v) is 9.01. The van der Waals surface area contributed by atoms with Crippen LogP contribution in [0.5, 0.6) is 0 Å². The van der Waals surface area contributed by atoms with Crippen LogP contribution in [0.15, 0.2) is 0 Å². The highest BCUT2D eigenvalue weighted by molar-refractivity contribution is 5.74. The number of urea groups is 1. The molecule has 1 rings (SSSR count). The van der Waals surface area contributed by atoms with E-state index >= 15 is 0 Å². The van der Waals surface area contributed by atoms with Gasteiger partial charge in [0.25, 0.3) is 0 Å². The van der Waals surface area contributed by atoms with Crippen molar-refractivity contribution in [2.45, 2.75) is 32.7 Å². The Morgan fingerprint density at radius 1 is 1.50 bits per heavy atom. The van der Waals surface area contributed by atoms with Crippen LogP contribution in [-0.2, 0) is 4.74 Å². The van der Waals surface area contributed by atoms with Gasteiger partial charge in [0.2, 0.25) is 0 Å². The van der Waals surface area contributed by atoms with Crippen LogP contribution in [0.1, 0.15) is 26.7 Å². The topological polar surface area (TPSA) is 50.4 Å². The monoisotopic (exact) mass is 200 g/mol. The number of carbonyl (C=O) groups is 1. The van der Waals surface area contributed by atoms with E-state index in [1.165, 1.54) is 0 Å². The van der Waals surface area contributed by atoms with Crippen LogP contribution in [0.2, 0.25) is 0 Å². The van der Waals surface area contributed by atoms with E-state index in [-0.39, 0.29) is 12.1 Å². The fourth-order valence-corrected chi connectivity index (χ4v) is 1.75. The molecule has 1 atom stereocenters. The highest BCUT2D eigenvalue weighted by Gasteiger charge is 2.21. The first-order valence-electron chi connectivity index (χ1n) is 5.36. The zero-order chi connectivity index (χ0) is 10.4. The largest absolute Gasteiger partial charge is 0.381 e. The van der Waals surface area contributed by atoms with Gasteiger partial charge in [0.1, 0.15) is 0 Å². The van der Waals surface area contributed by atoms with Gasteiger partial charge in [-0.15, -0.1) is 0 Å². The molecule has 1 heterocycles. The lowest BCUT2D eigenvalue weighted by Crippen LogP contribution is -2.45. The van der Waals surface area contributed by atoms with Crippen LogP contribution in [0, 0.1) is 5.92 Å². The highest BCUT2D eigenvalue weighted by atomic mass is 16.5. The number of hydrogen-bond donors (Lipinski definition) is 2. The third kappa shape index (κ3) is 3.54. The summed E-state index contributed by atoms with van der Waals surface area (Å²) in [5, 5.41) is 5.68. The SMILES string of the molecule is CCNC(=O)NC(C)C1CCOCC1. The van der Waals surface area contributed by atoms with Crippen molar-refractivity contribution < 1.29 is 9.53 Å². The Balaban J connectivity index is 2.25. The van der Waals surface area contributed by atoms with Crippen LogP contribution >= 0.6 is 0 Å². The lowest BCUT2D eigenvalue weighted by atomic mass is 9.93. The van der Waals surface area contributed by atoms with Crippen molar-refractivity contribution in [2.75, 3.05) is 19.8 Å². The van der Waals surface area contributed by atoms with Crippen LogP contribution in [0.25, 0.3) is 0 Å². The summed E-state index contributed by atoms with van der Waals surface area (Å²) in [4.78, 5) is 11.2. The minimum absolute atomic E-state index is 0.0634. The van der Waals surface area contributed by atoms with Crippen molar-refractivity contribution in [2.24, 2.45) is 5.92 Å². The number of amides is 2. The molecule has 2 N–H and O–H groups in total. The molecule has 0 aromatic carbocycles. The molecule has 4 heteroatoms. The quantitative estimate of drug-likeness (QED) is 0.717. The molecule has 1 fully saturated rings. The summed E-state index contributed by atoms with van der Waals surface area (Å²) in [5.41, 5.74) is 0. The molecule has 14 heavy (non-hydrogen) atoms. The molecule has 4 nitrogen and oxygen atoms in total. The normalized spacial score (nSPS) is 20.1. The average Bonchev–Trinajstić information content (AvgIpc) is 2.19. The predicted octanol–water partition coefficient (Wildman–Crippen LogP) is 1.12. The summed E-state index contributed by atoms with van der Waals surface area (Å²) in [6.45, 7) is 6.30. The standard InChI is InChI=1S/C10H20N2O2/c1-3-11-10(13)12-8(2)9-4-6-14-7-5-9/h8-9H,3-7H2,1-2H3,(H2,11,12,13). The summed E-state index contributed by atoms with van der Waals surface area (Å²) in [7, 11) is 0. The number of ether oxygens (including phenoxy) is 1. The molecule has 0 aromatic rings. The summed E-state index contributed by atoms with van der Waals surface area (Å²) in [5.74, 6) is 0.561. The summed E-state index contributed by atoms with van der Waals surface area (Å²) in [6.07, 6.45) is 2.10. The molecule has 1 aliphatic heterocycles. The van der Waals surface area contributed by atoms with E-state index in [0.29, 0.717) is 12.5 Å². The van der Waals surface area contributed by atoms with E-state index < -0.39 is 0 Å². The van der Waals surface area contributed by atoms with Gasteiger partial charge < -0.3 is 15.4 Å². The highest BCUT2D eigenvalue weighted by Crippen LogP contribution is 2.18. The summed E-state index contributed by atoms with van der Waals surface area (Å²) in [6, 6.07) is 0.178. The van der Waals surface area contributed by atoms with Gasteiger partial charge in [-0.3, -0.25) is 0 Å². The van der Waals surface area contributed by atoms with Crippen LogP contribution in [0.4, 0.5) is 4.79 Å². The average molecular weight is 200 g/mol. The smallest absolute Gasteiger partial charge is 0.314 e. The van der Waals surface area contributed by atoms with E-state index in [9.17, 15) is 4.79 Å². The number of nitrogens with one attached hydrogen (secondary N) is 2. The molecule has 0 radical (unpaired) electrons. The minimum Gasteiger partial charge on any atom is -0.381 e. The van der Waals surface area contributed by atoms with Crippen LogP contribution in [0.3, 0.4) is 0 Å². The Morgan fingerprint density at radius 2 is 2.14 bits per heavy atom. The molecule has 1 aliphatic rings. The van der Waals surface area contributed by atoms with Crippen molar-refractivity contribution in [1.82, 2.24) is 10.6 Å². The fraction of sp³-hybridized carbons (Fsp3) is 0.900. The maximum absolute atomic E-state index is 11.2. The van der Waals surface area contributed by atoms with Gasteiger partial charge in [-0.05, 0) is 32.6 Å². The summed E-state index contributed by atoms with van der Waals surface area (Å²) < 4.78 is 5.27. The molecule has 0 bridgehead atoms.